The number of hydrogen-bond donors (Lipinski definition) is 1. The fraction of sp³-hybridized carbons (Fsp3) is 0.250. The third-order valence-corrected chi connectivity index (χ3v) is 4.57. The maximum absolute atomic E-state index is 12.4. The van der Waals surface area contributed by atoms with E-state index in [2.05, 4.69) is 35.1 Å². The third-order valence-electron chi connectivity index (χ3n) is 4.57. The quantitative estimate of drug-likeness (QED) is 0.723. The van der Waals surface area contributed by atoms with Gasteiger partial charge in [0.1, 0.15) is 11.5 Å². The summed E-state index contributed by atoms with van der Waals surface area (Å²) in [5.41, 5.74) is 1.16. The number of carbonyl (C=O) groups is 1. The van der Waals surface area contributed by atoms with Crippen LogP contribution in [0.15, 0.2) is 61.1 Å². The average molecular weight is 375 g/mol. The number of anilines is 2. The predicted octanol–water partition coefficient (Wildman–Crippen LogP) is 1.52. The molecular weight excluding hydrogens is 354 g/mol. The lowest BCUT2D eigenvalue weighted by Crippen LogP contribution is -2.47. The normalized spacial score (nSPS) is 14.0. The lowest BCUT2D eigenvalue weighted by Gasteiger charge is -2.35. The van der Waals surface area contributed by atoms with Crippen LogP contribution in [0.25, 0.3) is 0 Å². The fourth-order valence-corrected chi connectivity index (χ4v) is 3.07. The van der Waals surface area contributed by atoms with Crippen molar-refractivity contribution in [3.63, 3.8) is 0 Å². The molecule has 8 heteroatoms. The van der Waals surface area contributed by atoms with E-state index in [1.54, 1.807) is 24.7 Å². The van der Waals surface area contributed by atoms with E-state index < -0.39 is 0 Å². The van der Waals surface area contributed by atoms with Crippen LogP contribution in [0.3, 0.4) is 0 Å². The Hall–Kier alpha value is -3.55. The van der Waals surface area contributed by atoms with Gasteiger partial charge < -0.3 is 15.1 Å². The molecule has 4 rings (SSSR count). The summed E-state index contributed by atoms with van der Waals surface area (Å²) in [4.78, 5) is 34.2. The molecule has 4 heterocycles. The van der Waals surface area contributed by atoms with Gasteiger partial charge in [-0.2, -0.15) is 0 Å². The van der Waals surface area contributed by atoms with Gasteiger partial charge >= 0.3 is 0 Å². The molecule has 142 valence electrons. The Morgan fingerprint density at radius 2 is 1.61 bits per heavy atom. The highest BCUT2D eigenvalue weighted by Gasteiger charge is 2.20. The van der Waals surface area contributed by atoms with Crippen LogP contribution in [0.4, 0.5) is 11.8 Å². The van der Waals surface area contributed by atoms with E-state index in [9.17, 15) is 4.79 Å². The summed E-state index contributed by atoms with van der Waals surface area (Å²) >= 11 is 0. The molecule has 0 atom stereocenters. The molecule has 3 aromatic rings. The number of nitrogens with zero attached hydrogens (tertiary/aromatic N) is 6. The molecule has 0 aromatic carbocycles. The summed E-state index contributed by atoms with van der Waals surface area (Å²) in [6, 6.07) is 13.1. The van der Waals surface area contributed by atoms with E-state index in [-0.39, 0.29) is 5.91 Å². The number of hydrogen-bond acceptors (Lipinski definition) is 7. The highest BCUT2D eigenvalue weighted by Crippen LogP contribution is 2.16. The Labute approximate surface area is 163 Å². The number of aromatic nitrogens is 4. The van der Waals surface area contributed by atoms with Crippen LogP contribution in [-0.2, 0) is 6.54 Å². The Bertz CT molecular complexity index is 912. The molecule has 0 spiro atoms. The largest absolute Gasteiger partial charge is 0.353 e. The van der Waals surface area contributed by atoms with Crippen molar-refractivity contribution >= 4 is 17.7 Å². The number of nitrogens with one attached hydrogen (secondary N) is 1. The van der Waals surface area contributed by atoms with E-state index in [0.717, 1.165) is 37.7 Å². The van der Waals surface area contributed by atoms with Crippen LogP contribution < -0.4 is 15.1 Å². The molecule has 1 amide bonds. The number of amides is 1. The number of carbonyl (C=O) groups excluding carboxylic acids is 1. The molecule has 28 heavy (non-hydrogen) atoms. The van der Waals surface area contributed by atoms with Crippen molar-refractivity contribution in [3.8, 4) is 0 Å². The molecule has 1 aliphatic heterocycles. The van der Waals surface area contributed by atoms with Gasteiger partial charge in [-0.15, -0.1) is 0 Å². The van der Waals surface area contributed by atoms with Crippen LogP contribution >= 0.6 is 0 Å². The Balaban J connectivity index is 1.37. The van der Waals surface area contributed by atoms with Gasteiger partial charge in [0.15, 0.2) is 0 Å². The molecule has 0 unspecified atom stereocenters. The van der Waals surface area contributed by atoms with Crippen molar-refractivity contribution in [1.82, 2.24) is 25.3 Å². The van der Waals surface area contributed by atoms with Gasteiger partial charge in [-0.05, 0) is 30.3 Å². The predicted molar refractivity (Wildman–Crippen MR) is 106 cm³/mol. The molecule has 0 aliphatic carbocycles. The van der Waals surface area contributed by atoms with Gasteiger partial charge in [0.2, 0.25) is 5.95 Å². The van der Waals surface area contributed by atoms with Crippen molar-refractivity contribution < 1.29 is 4.79 Å². The first-order valence-corrected chi connectivity index (χ1v) is 9.22. The maximum atomic E-state index is 12.4. The highest BCUT2D eigenvalue weighted by molar-refractivity contribution is 5.92. The second-order valence-electron chi connectivity index (χ2n) is 6.41. The molecule has 1 aliphatic rings. The smallest absolute Gasteiger partial charge is 0.270 e. The SMILES string of the molecule is O=C(NCc1ccccn1)c1ccnc(N2CCN(c3ccccn3)CC2)n1. The molecule has 0 bridgehead atoms. The first kappa shape index (κ1) is 17.8. The molecule has 0 saturated carbocycles. The summed E-state index contributed by atoms with van der Waals surface area (Å²) in [6.07, 6.45) is 5.13. The van der Waals surface area contributed by atoms with E-state index in [4.69, 9.17) is 0 Å². The van der Waals surface area contributed by atoms with Crippen molar-refractivity contribution in [1.29, 1.82) is 0 Å². The first-order valence-electron chi connectivity index (χ1n) is 9.22. The maximum Gasteiger partial charge on any atom is 0.270 e. The minimum absolute atomic E-state index is 0.235. The van der Waals surface area contributed by atoms with Crippen molar-refractivity contribution in [2.75, 3.05) is 36.0 Å². The van der Waals surface area contributed by atoms with Gasteiger partial charge in [0.25, 0.3) is 5.91 Å². The van der Waals surface area contributed by atoms with Crippen LogP contribution in [0, 0.1) is 0 Å². The third kappa shape index (κ3) is 4.22. The summed E-state index contributed by atoms with van der Waals surface area (Å²) in [6.45, 7) is 3.57. The molecule has 3 aromatic heterocycles. The number of piperazine rings is 1. The zero-order valence-corrected chi connectivity index (χ0v) is 15.4. The Morgan fingerprint density at radius 3 is 2.32 bits per heavy atom. The Kier molecular flexibility index (Phi) is 5.37. The summed E-state index contributed by atoms with van der Waals surface area (Å²) in [5.74, 6) is 1.32. The van der Waals surface area contributed by atoms with Crippen LogP contribution in [0.1, 0.15) is 16.2 Å². The monoisotopic (exact) mass is 375 g/mol. The average Bonchev–Trinajstić information content (AvgIpc) is 2.79. The van der Waals surface area contributed by atoms with Gasteiger partial charge in [0.05, 0.1) is 12.2 Å². The molecule has 1 N–H and O–H groups in total. The minimum Gasteiger partial charge on any atom is -0.353 e. The van der Waals surface area contributed by atoms with E-state index in [1.807, 2.05) is 36.4 Å². The van der Waals surface area contributed by atoms with E-state index in [1.165, 1.54) is 0 Å². The molecule has 1 saturated heterocycles. The van der Waals surface area contributed by atoms with Crippen molar-refractivity contribution in [2.24, 2.45) is 0 Å². The lowest BCUT2D eigenvalue weighted by atomic mass is 10.3. The number of pyridine rings is 2. The molecular formula is C20H21N7O. The second-order valence-corrected chi connectivity index (χ2v) is 6.41. The van der Waals surface area contributed by atoms with Crippen molar-refractivity contribution in [3.05, 3.63) is 72.4 Å². The Morgan fingerprint density at radius 1 is 0.857 bits per heavy atom. The minimum atomic E-state index is -0.235. The lowest BCUT2D eigenvalue weighted by molar-refractivity contribution is 0.0945. The molecule has 8 nitrogen and oxygen atoms in total. The van der Waals surface area contributed by atoms with Crippen LogP contribution in [-0.4, -0.2) is 52.0 Å². The molecule has 0 radical (unpaired) electrons. The van der Waals surface area contributed by atoms with E-state index in [0.29, 0.717) is 18.2 Å². The van der Waals surface area contributed by atoms with Gasteiger partial charge in [0, 0.05) is 44.8 Å². The zero-order chi connectivity index (χ0) is 19.2. The molecule has 1 fully saturated rings. The second kappa shape index (κ2) is 8.43. The highest BCUT2D eigenvalue weighted by atomic mass is 16.1. The van der Waals surface area contributed by atoms with E-state index >= 15 is 0 Å². The van der Waals surface area contributed by atoms with Crippen LogP contribution in [0.5, 0.6) is 0 Å². The summed E-state index contributed by atoms with van der Waals surface area (Å²) < 4.78 is 0. The zero-order valence-electron chi connectivity index (χ0n) is 15.4. The fourth-order valence-electron chi connectivity index (χ4n) is 3.07. The summed E-state index contributed by atoms with van der Waals surface area (Å²) in [5, 5.41) is 2.85. The number of rotatable bonds is 5. The van der Waals surface area contributed by atoms with Crippen molar-refractivity contribution in [2.45, 2.75) is 6.54 Å². The standard InChI is InChI=1S/C20H21N7O/c28-19(24-15-16-5-1-3-8-21-16)17-7-10-23-20(25-17)27-13-11-26(12-14-27)18-6-2-4-9-22-18/h1-10H,11-15H2,(H,24,28). The first-order chi connectivity index (χ1) is 13.8. The van der Waals surface area contributed by atoms with Gasteiger partial charge in [-0.3, -0.25) is 9.78 Å². The topological polar surface area (TPSA) is 87.1 Å². The van der Waals surface area contributed by atoms with Gasteiger partial charge in [-0.1, -0.05) is 12.1 Å². The summed E-state index contributed by atoms with van der Waals surface area (Å²) in [7, 11) is 0. The van der Waals surface area contributed by atoms with Crippen LogP contribution in [0.2, 0.25) is 0 Å². The van der Waals surface area contributed by atoms with Gasteiger partial charge in [-0.25, -0.2) is 15.0 Å².